The standard InChI is InChI=1S/C21H23N5O4S/c27-19(28)14-3-1-4-17-15(14)13-18(31-17)16-5-7-23-20(24-16)22-6-2-8-25-9-11-26(12-10-25)21(29)30/h1,3-5,7,13H,2,6,8-12H2,(H,27,28)(H,29,30)(H,22,23,24). The average Bonchev–Trinajstić information content (AvgIpc) is 3.21. The first-order valence-electron chi connectivity index (χ1n) is 10.0. The number of amides is 1. The molecule has 162 valence electrons. The average molecular weight is 442 g/mol. The van der Waals surface area contributed by atoms with Crippen LogP contribution in [0, 0.1) is 0 Å². The Kier molecular flexibility index (Phi) is 6.28. The molecular formula is C21H23N5O4S. The van der Waals surface area contributed by atoms with Gasteiger partial charge in [0.05, 0.1) is 16.1 Å². The van der Waals surface area contributed by atoms with Gasteiger partial charge in [0.15, 0.2) is 0 Å². The van der Waals surface area contributed by atoms with Crippen LogP contribution >= 0.6 is 11.3 Å². The van der Waals surface area contributed by atoms with Crippen LogP contribution in [0.4, 0.5) is 10.7 Å². The molecule has 2 aromatic heterocycles. The topological polar surface area (TPSA) is 119 Å². The predicted octanol–water partition coefficient (Wildman–Crippen LogP) is 3.15. The lowest BCUT2D eigenvalue weighted by molar-refractivity contribution is 0.0699. The summed E-state index contributed by atoms with van der Waals surface area (Å²) in [6, 6.07) is 8.95. The first kappa shape index (κ1) is 21.0. The fraction of sp³-hybridized carbons (Fsp3) is 0.333. The van der Waals surface area contributed by atoms with Gasteiger partial charge in [0.2, 0.25) is 5.95 Å². The van der Waals surface area contributed by atoms with Crippen molar-refractivity contribution < 1.29 is 19.8 Å². The smallest absolute Gasteiger partial charge is 0.407 e. The summed E-state index contributed by atoms with van der Waals surface area (Å²) in [5.41, 5.74) is 1.04. The second kappa shape index (κ2) is 9.27. The number of thiophene rings is 1. The second-order valence-electron chi connectivity index (χ2n) is 7.29. The van der Waals surface area contributed by atoms with Crippen molar-refractivity contribution in [2.45, 2.75) is 6.42 Å². The third kappa shape index (κ3) is 4.92. The van der Waals surface area contributed by atoms with E-state index >= 15 is 0 Å². The van der Waals surface area contributed by atoms with Crippen LogP contribution in [0.25, 0.3) is 20.7 Å². The Labute approximate surface area is 183 Å². The van der Waals surface area contributed by atoms with E-state index < -0.39 is 12.1 Å². The molecule has 1 saturated heterocycles. The molecule has 0 atom stereocenters. The molecule has 1 amide bonds. The number of anilines is 1. The van der Waals surface area contributed by atoms with Gasteiger partial charge in [-0.3, -0.25) is 4.90 Å². The number of fused-ring (bicyclic) bond motifs is 1. The van der Waals surface area contributed by atoms with E-state index in [0.717, 1.165) is 41.3 Å². The van der Waals surface area contributed by atoms with Gasteiger partial charge in [0.1, 0.15) is 0 Å². The van der Waals surface area contributed by atoms with Crippen LogP contribution < -0.4 is 5.32 Å². The fourth-order valence-electron chi connectivity index (χ4n) is 3.62. The lowest BCUT2D eigenvalue weighted by atomic mass is 10.1. The Morgan fingerprint density at radius 2 is 1.94 bits per heavy atom. The minimum atomic E-state index is -0.940. The largest absolute Gasteiger partial charge is 0.478 e. The summed E-state index contributed by atoms with van der Waals surface area (Å²) in [6.07, 6.45) is 1.74. The molecule has 0 radical (unpaired) electrons. The van der Waals surface area contributed by atoms with E-state index in [1.54, 1.807) is 18.3 Å². The summed E-state index contributed by atoms with van der Waals surface area (Å²) in [5, 5.41) is 22.4. The number of nitrogens with one attached hydrogen (secondary N) is 1. The molecule has 9 nitrogen and oxygen atoms in total. The van der Waals surface area contributed by atoms with Gasteiger partial charge in [-0.25, -0.2) is 19.6 Å². The molecule has 4 rings (SSSR count). The summed E-state index contributed by atoms with van der Waals surface area (Å²) in [4.78, 5) is 35.9. The number of carboxylic acid groups (broad SMARTS) is 2. The van der Waals surface area contributed by atoms with Gasteiger partial charge in [0, 0.05) is 49.0 Å². The Morgan fingerprint density at radius 1 is 1.13 bits per heavy atom. The molecule has 10 heteroatoms. The molecule has 3 N–H and O–H groups in total. The highest BCUT2D eigenvalue weighted by atomic mass is 32.1. The molecule has 0 unspecified atom stereocenters. The molecule has 1 aliphatic heterocycles. The van der Waals surface area contributed by atoms with E-state index in [0.29, 0.717) is 31.0 Å². The second-order valence-corrected chi connectivity index (χ2v) is 8.37. The van der Waals surface area contributed by atoms with Crippen molar-refractivity contribution in [3.8, 4) is 10.6 Å². The maximum Gasteiger partial charge on any atom is 0.407 e. The first-order chi connectivity index (χ1) is 15.0. The lowest BCUT2D eigenvalue weighted by Gasteiger charge is -2.33. The maximum atomic E-state index is 11.5. The van der Waals surface area contributed by atoms with Crippen LogP contribution in [0.2, 0.25) is 0 Å². The number of aromatic carboxylic acids is 1. The summed E-state index contributed by atoms with van der Waals surface area (Å²) >= 11 is 1.51. The number of benzene rings is 1. The Balaban J connectivity index is 1.34. The number of carboxylic acids is 1. The van der Waals surface area contributed by atoms with E-state index in [-0.39, 0.29) is 5.56 Å². The Bertz CT molecular complexity index is 1090. The van der Waals surface area contributed by atoms with Gasteiger partial charge in [0.25, 0.3) is 0 Å². The molecule has 1 aromatic carbocycles. The fourth-order valence-corrected chi connectivity index (χ4v) is 4.68. The zero-order chi connectivity index (χ0) is 21.8. The third-order valence-corrected chi connectivity index (χ3v) is 6.40. The van der Waals surface area contributed by atoms with E-state index in [4.69, 9.17) is 5.11 Å². The number of aromatic nitrogens is 2. The van der Waals surface area contributed by atoms with Gasteiger partial charge >= 0.3 is 12.1 Å². The minimum Gasteiger partial charge on any atom is -0.478 e. The van der Waals surface area contributed by atoms with Crippen molar-refractivity contribution in [1.82, 2.24) is 19.8 Å². The number of piperazine rings is 1. The van der Waals surface area contributed by atoms with Gasteiger partial charge in [-0.15, -0.1) is 11.3 Å². The summed E-state index contributed by atoms with van der Waals surface area (Å²) in [6.45, 7) is 4.19. The van der Waals surface area contributed by atoms with Crippen LogP contribution in [-0.4, -0.2) is 81.3 Å². The number of hydrogen-bond acceptors (Lipinski definition) is 7. The molecule has 31 heavy (non-hydrogen) atoms. The van der Waals surface area contributed by atoms with Crippen LogP contribution in [-0.2, 0) is 0 Å². The van der Waals surface area contributed by atoms with Crippen molar-refractivity contribution in [2.24, 2.45) is 0 Å². The molecule has 3 heterocycles. The van der Waals surface area contributed by atoms with E-state index in [9.17, 15) is 14.7 Å². The number of carbonyl (C=O) groups is 2. The zero-order valence-corrected chi connectivity index (χ0v) is 17.6. The summed E-state index contributed by atoms with van der Waals surface area (Å²) in [5.74, 6) is -0.409. The van der Waals surface area contributed by atoms with Crippen molar-refractivity contribution in [2.75, 3.05) is 44.6 Å². The van der Waals surface area contributed by atoms with Crippen molar-refractivity contribution in [3.05, 3.63) is 42.1 Å². The van der Waals surface area contributed by atoms with Crippen LogP contribution in [0.1, 0.15) is 16.8 Å². The van der Waals surface area contributed by atoms with Gasteiger partial charge in [-0.1, -0.05) is 6.07 Å². The first-order valence-corrected chi connectivity index (χ1v) is 10.9. The number of rotatable bonds is 7. The predicted molar refractivity (Wildman–Crippen MR) is 119 cm³/mol. The Morgan fingerprint density at radius 3 is 2.68 bits per heavy atom. The molecule has 0 saturated carbocycles. The van der Waals surface area contributed by atoms with Crippen molar-refractivity contribution >= 4 is 39.4 Å². The highest BCUT2D eigenvalue weighted by Crippen LogP contribution is 2.34. The SMILES string of the molecule is O=C(O)c1cccc2sc(-c3ccnc(NCCCN4CCN(C(=O)O)CC4)n3)cc12. The maximum absolute atomic E-state index is 11.5. The van der Waals surface area contributed by atoms with Crippen LogP contribution in [0.3, 0.4) is 0 Å². The molecule has 1 aliphatic rings. The quantitative estimate of drug-likeness (QED) is 0.479. The molecular weight excluding hydrogens is 418 g/mol. The zero-order valence-electron chi connectivity index (χ0n) is 16.8. The summed E-state index contributed by atoms with van der Waals surface area (Å²) < 4.78 is 0.908. The number of nitrogens with zero attached hydrogens (tertiary/aromatic N) is 4. The van der Waals surface area contributed by atoms with Crippen molar-refractivity contribution in [3.63, 3.8) is 0 Å². The lowest BCUT2D eigenvalue weighted by Crippen LogP contribution is -2.48. The van der Waals surface area contributed by atoms with Gasteiger partial charge in [-0.2, -0.15) is 0 Å². The van der Waals surface area contributed by atoms with Crippen molar-refractivity contribution in [1.29, 1.82) is 0 Å². The normalized spacial score (nSPS) is 14.6. The van der Waals surface area contributed by atoms with Crippen LogP contribution in [0.15, 0.2) is 36.5 Å². The number of hydrogen-bond donors (Lipinski definition) is 3. The molecule has 3 aromatic rings. The monoisotopic (exact) mass is 441 g/mol. The highest BCUT2D eigenvalue weighted by molar-refractivity contribution is 7.22. The minimum absolute atomic E-state index is 0.289. The summed E-state index contributed by atoms with van der Waals surface area (Å²) in [7, 11) is 0. The van der Waals surface area contributed by atoms with Gasteiger partial charge < -0.3 is 20.4 Å². The van der Waals surface area contributed by atoms with Gasteiger partial charge in [-0.05, 0) is 37.2 Å². The van der Waals surface area contributed by atoms with E-state index in [2.05, 4.69) is 20.2 Å². The van der Waals surface area contributed by atoms with E-state index in [1.807, 2.05) is 18.2 Å². The van der Waals surface area contributed by atoms with E-state index in [1.165, 1.54) is 16.2 Å². The third-order valence-electron chi connectivity index (χ3n) is 5.28. The highest BCUT2D eigenvalue weighted by Gasteiger charge is 2.19. The molecule has 0 bridgehead atoms. The molecule has 0 spiro atoms. The molecule has 0 aliphatic carbocycles. The Hall–Kier alpha value is -3.24. The molecule has 1 fully saturated rings. The van der Waals surface area contributed by atoms with Crippen LogP contribution in [0.5, 0.6) is 0 Å².